The van der Waals surface area contributed by atoms with E-state index in [-0.39, 0.29) is 5.91 Å². The number of hydrogen-bond acceptors (Lipinski definition) is 7. The number of ether oxygens (including phenoxy) is 1. The van der Waals surface area contributed by atoms with Gasteiger partial charge in [-0.1, -0.05) is 0 Å². The Morgan fingerprint density at radius 2 is 2.08 bits per heavy atom. The first kappa shape index (κ1) is 17.0. The molecule has 0 aliphatic rings. The van der Waals surface area contributed by atoms with Crippen LogP contribution >= 0.6 is 11.3 Å². The lowest BCUT2D eigenvalue weighted by Crippen LogP contribution is -2.26. The molecule has 3 heterocycles. The van der Waals surface area contributed by atoms with Gasteiger partial charge in [0.05, 0.1) is 24.6 Å². The van der Waals surface area contributed by atoms with Crippen molar-refractivity contribution in [1.29, 1.82) is 0 Å². The second-order valence-corrected chi connectivity index (χ2v) is 6.11. The Hall–Kier alpha value is -2.87. The van der Waals surface area contributed by atoms with E-state index >= 15 is 0 Å². The molecule has 1 amide bonds. The minimum absolute atomic E-state index is 0.191. The predicted molar refractivity (Wildman–Crippen MR) is 94.7 cm³/mol. The molecule has 0 saturated carbocycles. The van der Waals surface area contributed by atoms with Crippen LogP contribution in [0.2, 0.25) is 0 Å². The van der Waals surface area contributed by atoms with Crippen molar-refractivity contribution >= 4 is 17.2 Å². The maximum atomic E-state index is 12.3. The van der Waals surface area contributed by atoms with E-state index in [2.05, 4.69) is 25.3 Å². The highest BCUT2D eigenvalue weighted by Gasteiger charge is 2.13. The van der Waals surface area contributed by atoms with Gasteiger partial charge in [-0.15, -0.1) is 11.3 Å². The van der Waals surface area contributed by atoms with Gasteiger partial charge < -0.3 is 10.1 Å². The van der Waals surface area contributed by atoms with Crippen LogP contribution in [0.4, 0.5) is 0 Å². The number of aryl methyl sites for hydroxylation is 1. The summed E-state index contributed by atoms with van der Waals surface area (Å²) >= 11 is 1.49. The van der Waals surface area contributed by atoms with Gasteiger partial charge in [0.15, 0.2) is 10.8 Å². The second kappa shape index (κ2) is 7.80. The minimum atomic E-state index is -0.191. The summed E-state index contributed by atoms with van der Waals surface area (Å²) in [6.07, 6.45) is 5.56. The first-order valence-corrected chi connectivity index (χ1v) is 8.56. The van der Waals surface area contributed by atoms with Crippen LogP contribution < -0.4 is 10.1 Å². The third-order valence-corrected chi connectivity index (χ3v) is 4.33. The van der Waals surface area contributed by atoms with E-state index in [0.717, 1.165) is 16.4 Å². The number of rotatable bonds is 6. The molecule has 0 saturated heterocycles. The Bertz CT molecular complexity index is 866. The third-order valence-electron chi connectivity index (χ3n) is 3.44. The highest BCUT2D eigenvalue weighted by molar-refractivity contribution is 7.13. The molecule has 3 aromatic rings. The molecule has 0 radical (unpaired) electrons. The van der Waals surface area contributed by atoms with Crippen molar-refractivity contribution in [2.24, 2.45) is 0 Å². The lowest BCUT2D eigenvalue weighted by molar-refractivity contribution is 0.0951. The summed E-state index contributed by atoms with van der Waals surface area (Å²) < 4.78 is 5.19. The van der Waals surface area contributed by atoms with Crippen LogP contribution in [0.3, 0.4) is 0 Å². The fourth-order valence-electron chi connectivity index (χ4n) is 2.22. The molecule has 0 spiro atoms. The van der Waals surface area contributed by atoms with Crippen molar-refractivity contribution in [3.05, 3.63) is 53.1 Å². The van der Waals surface area contributed by atoms with Crippen molar-refractivity contribution < 1.29 is 9.53 Å². The fourth-order valence-corrected chi connectivity index (χ4v) is 3.02. The maximum absolute atomic E-state index is 12.3. The average molecular weight is 355 g/mol. The summed E-state index contributed by atoms with van der Waals surface area (Å²) in [6, 6.07) is 3.48. The van der Waals surface area contributed by atoms with E-state index in [1.165, 1.54) is 18.4 Å². The highest BCUT2D eigenvalue weighted by Crippen LogP contribution is 2.20. The van der Waals surface area contributed by atoms with Gasteiger partial charge in [-0.25, -0.2) is 15.0 Å². The number of carbonyl (C=O) groups is 1. The molecule has 0 aliphatic carbocycles. The smallest absolute Gasteiger partial charge is 0.255 e. The summed E-state index contributed by atoms with van der Waals surface area (Å²) in [5, 5.41) is 5.61. The van der Waals surface area contributed by atoms with Crippen LogP contribution in [0.25, 0.3) is 10.8 Å². The fraction of sp³-hybridized carbons (Fsp3) is 0.235. The zero-order chi connectivity index (χ0) is 17.6. The van der Waals surface area contributed by atoms with E-state index in [1.54, 1.807) is 30.7 Å². The molecule has 0 fully saturated rings. The number of aromatic nitrogens is 4. The van der Waals surface area contributed by atoms with Crippen LogP contribution in [0.1, 0.15) is 21.7 Å². The van der Waals surface area contributed by atoms with Gasteiger partial charge in [-0.3, -0.25) is 9.78 Å². The Balaban J connectivity index is 1.59. The standard InChI is InChI=1S/C17H17N5O2S/c1-11-8-13(14(24-2)9-21-11)16(23)20-7-4-12-10-25-17(22-12)15-18-5-3-6-19-15/h3,5-6,8-10H,4,7H2,1-2H3,(H,20,23). The number of pyridine rings is 1. The average Bonchev–Trinajstić information content (AvgIpc) is 3.11. The number of carbonyl (C=O) groups excluding carboxylic acids is 1. The normalized spacial score (nSPS) is 10.5. The first-order valence-electron chi connectivity index (χ1n) is 7.68. The van der Waals surface area contributed by atoms with Gasteiger partial charge in [0, 0.05) is 36.4 Å². The van der Waals surface area contributed by atoms with E-state index in [0.29, 0.717) is 30.1 Å². The van der Waals surface area contributed by atoms with E-state index < -0.39 is 0 Å². The molecule has 3 rings (SSSR count). The highest BCUT2D eigenvalue weighted by atomic mass is 32.1. The van der Waals surface area contributed by atoms with Crippen LogP contribution in [0, 0.1) is 6.92 Å². The molecule has 3 aromatic heterocycles. The number of nitrogens with zero attached hydrogens (tertiary/aromatic N) is 4. The SMILES string of the molecule is COc1cnc(C)cc1C(=O)NCCc1csc(-c2ncccn2)n1. The third kappa shape index (κ3) is 4.16. The Morgan fingerprint density at radius 3 is 2.84 bits per heavy atom. The molecule has 128 valence electrons. The molecule has 0 aromatic carbocycles. The van der Waals surface area contributed by atoms with E-state index in [9.17, 15) is 4.79 Å². The second-order valence-electron chi connectivity index (χ2n) is 5.25. The van der Waals surface area contributed by atoms with Gasteiger partial charge >= 0.3 is 0 Å². The molecule has 0 bridgehead atoms. The molecule has 0 atom stereocenters. The lowest BCUT2D eigenvalue weighted by atomic mass is 10.2. The quantitative estimate of drug-likeness (QED) is 0.730. The zero-order valence-corrected chi connectivity index (χ0v) is 14.7. The maximum Gasteiger partial charge on any atom is 0.255 e. The van der Waals surface area contributed by atoms with E-state index in [4.69, 9.17) is 4.74 Å². The van der Waals surface area contributed by atoms with Gasteiger partial charge in [0.2, 0.25) is 0 Å². The van der Waals surface area contributed by atoms with Crippen molar-refractivity contribution in [2.45, 2.75) is 13.3 Å². The van der Waals surface area contributed by atoms with Crippen molar-refractivity contribution in [3.63, 3.8) is 0 Å². The summed E-state index contributed by atoms with van der Waals surface area (Å²) in [5.41, 5.74) is 2.13. The number of nitrogens with one attached hydrogen (secondary N) is 1. The van der Waals surface area contributed by atoms with Gasteiger partial charge in [-0.05, 0) is 19.1 Å². The van der Waals surface area contributed by atoms with Crippen molar-refractivity contribution in [2.75, 3.05) is 13.7 Å². The van der Waals surface area contributed by atoms with Crippen LogP contribution in [0.5, 0.6) is 5.75 Å². The van der Waals surface area contributed by atoms with Crippen molar-refractivity contribution in [1.82, 2.24) is 25.3 Å². The van der Waals surface area contributed by atoms with Gasteiger partial charge in [-0.2, -0.15) is 0 Å². The summed E-state index contributed by atoms with van der Waals surface area (Å²) in [4.78, 5) is 29.3. The molecule has 0 unspecified atom stereocenters. The topological polar surface area (TPSA) is 89.9 Å². The Kier molecular flexibility index (Phi) is 5.30. The van der Waals surface area contributed by atoms with Crippen LogP contribution in [0.15, 0.2) is 36.1 Å². The number of amides is 1. The monoisotopic (exact) mass is 355 g/mol. The van der Waals surface area contributed by atoms with E-state index in [1.807, 2.05) is 12.3 Å². The van der Waals surface area contributed by atoms with Crippen molar-refractivity contribution in [3.8, 4) is 16.6 Å². The molecule has 0 aliphatic heterocycles. The van der Waals surface area contributed by atoms with Gasteiger partial charge in [0.25, 0.3) is 5.91 Å². The molecule has 8 heteroatoms. The summed E-state index contributed by atoms with van der Waals surface area (Å²) in [6.45, 7) is 2.31. The molecule has 1 N–H and O–H groups in total. The largest absolute Gasteiger partial charge is 0.494 e. The van der Waals surface area contributed by atoms with Gasteiger partial charge in [0.1, 0.15) is 5.75 Å². The summed E-state index contributed by atoms with van der Waals surface area (Å²) in [5.74, 6) is 0.879. The van der Waals surface area contributed by atoms with Crippen LogP contribution in [-0.4, -0.2) is 39.5 Å². The lowest BCUT2D eigenvalue weighted by Gasteiger charge is -2.09. The molecular formula is C17H17N5O2S. The minimum Gasteiger partial charge on any atom is -0.494 e. The first-order chi connectivity index (χ1) is 12.2. The molecule has 25 heavy (non-hydrogen) atoms. The molecule has 7 nitrogen and oxygen atoms in total. The Morgan fingerprint density at radius 1 is 1.28 bits per heavy atom. The number of methoxy groups -OCH3 is 1. The number of thiazole rings is 1. The Labute approximate surface area is 149 Å². The number of hydrogen-bond donors (Lipinski definition) is 1. The van der Waals surface area contributed by atoms with Crippen LogP contribution in [-0.2, 0) is 6.42 Å². The molecular weight excluding hydrogens is 338 g/mol. The predicted octanol–water partition coefficient (Wildman–Crippen LogP) is 2.28. The zero-order valence-electron chi connectivity index (χ0n) is 13.9. The summed E-state index contributed by atoms with van der Waals surface area (Å²) in [7, 11) is 1.52.